The van der Waals surface area contributed by atoms with Gasteiger partial charge in [0.05, 0.1) is 4.92 Å². The van der Waals surface area contributed by atoms with E-state index in [1.54, 1.807) is 0 Å². The van der Waals surface area contributed by atoms with Crippen LogP contribution in [0.25, 0.3) is 0 Å². The number of nitro groups is 1. The highest BCUT2D eigenvalue weighted by Crippen LogP contribution is 2.43. The molecule has 1 aromatic heterocycles. The summed E-state index contributed by atoms with van der Waals surface area (Å²) in [7, 11) is 0. The number of anilines is 2. The Hall–Kier alpha value is -1.92. The van der Waals surface area contributed by atoms with Crippen LogP contribution >= 0.6 is 0 Å². The normalized spacial score (nSPS) is 21.8. The Morgan fingerprint density at radius 3 is 2.30 bits per heavy atom. The maximum absolute atomic E-state index is 11.7. The Morgan fingerprint density at radius 1 is 1.04 bits per heavy atom. The van der Waals surface area contributed by atoms with Crippen LogP contribution in [0, 0.1) is 10.1 Å². The minimum Gasteiger partial charge on any atom is -0.361 e. The van der Waals surface area contributed by atoms with E-state index < -0.39 is 0 Å². The number of nitrogens with zero attached hydrogens (tertiary/aromatic N) is 4. The third-order valence-electron chi connectivity index (χ3n) is 4.83. The van der Waals surface area contributed by atoms with Crippen LogP contribution in [0.15, 0.2) is 0 Å². The topological polar surface area (TPSA) is 84.2 Å². The first-order valence-electron chi connectivity index (χ1n) is 8.80. The van der Waals surface area contributed by atoms with Crippen molar-refractivity contribution in [3.63, 3.8) is 0 Å². The molecule has 0 spiro atoms. The predicted molar refractivity (Wildman–Crippen MR) is 88.0 cm³/mol. The van der Waals surface area contributed by atoms with Gasteiger partial charge >= 0.3 is 5.69 Å². The molecule has 23 heavy (non-hydrogen) atoms. The van der Waals surface area contributed by atoms with Gasteiger partial charge in [-0.3, -0.25) is 10.1 Å². The third kappa shape index (κ3) is 3.23. The molecule has 0 radical (unpaired) electrons. The standard InChI is InChI=1S/C16H23N5O2/c22-21(23)13-15(17-12-7-8-12)18-14(11-5-6-11)19-16(13)20-9-3-1-2-4-10-20/h11-12H,1-10H2,(H,17,18,19). The summed E-state index contributed by atoms with van der Waals surface area (Å²) in [6.45, 7) is 1.70. The zero-order valence-electron chi connectivity index (χ0n) is 13.3. The van der Waals surface area contributed by atoms with Crippen LogP contribution in [0.4, 0.5) is 17.3 Å². The summed E-state index contributed by atoms with van der Waals surface area (Å²) in [6.07, 6.45) is 8.87. The van der Waals surface area contributed by atoms with Gasteiger partial charge in [-0.25, -0.2) is 9.97 Å². The van der Waals surface area contributed by atoms with Crippen molar-refractivity contribution in [2.45, 2.75) is 63.3 Å². The van der Waals surface area contributed by atoms with Gasteiger partial charge in [-0.1, -0.05) is 12.8 Å². The summed E-state index contributed by atoms with van der Waals surface area (Å²) in [5, 5.41) is 15.0. The van der Waals surface area contributed by atoms with Crippen LogP contribution in [0.3, 0.4) is 0 Å². The molecule has 1 N–H and O–H groups in total. The highest BCUT2D eigenvalue weighted by molar-refractivity contribution is 5.71. The van der Waals surface area contributed by atoms with Crippen molar-refractivity contribution >= 4 is 17.3 Å². The summed E-state index contributed by atoms with van der Waals surface area (Å²) >= 11 is 0. The van der Waals surface area contributed by atoms with Crippen molar-refractivity contribution in [1.29, 1.82) is 0 Å². The summed E-state index contributed by atoms with van der Waals surface area (Å²) in [5.74, 6) is 2.16. The van der Waals surface area contributed by atoms with Crippen molar-refractivity contribution in [2.24, 2.45) is 0 Å². The Morgan fingerprint density at radius 2 is 1.74 bits per heavy atom. The predicted octanol–water partition coefficient (Wildman–Crippen LogP) is 3.22. The zero-order valence-corrected chi connectivity index (χ0v) is 13.3. The molecule has 2 heterocycles. The number of aromatic nitrogens is 2. The molecule has 0 aromatic carbocycles. The van der Waals surface area contributed by atoms with E-state index in [2.05, 4.69) is 20.2 Å². The second-order valence-electron chi connectivity index (χ2n) is 6.95. The molecule has 2 aliphatic carbocycles. The molecular weight excluding hydrogens is 294 g/mol. The second-order valence-corrected chi connectivity index (χ2v) is 6.95. The van der Waals surface area contributed by atoms with E-state index in [0.717, 1.165) is 57.4 Å². The van der Waals surface area contributed by atoms with Crippen LogP contribution in [-0.4, -0.2) is 34.0 Å². The SMILES string of the molecule is O=[N+]([O-])c1c(NC2CC2)nc(C2CC2)nc1N1CCCCCC1. The summed E-state index contributed by atoms with van der Waals surface area (Å²) in [5.41, 5.74) is 0.0724. The summed E-state index contributed by atoms with van der Waals surface area (Å²) in [4.78, 5) is 22.7. The molecule has 7 nitrogen and oxygen atoms in total. The molecule has 124 valence electrons. The van der Waals surface area contributed by atoms with Gasteiger partial charge in [0.15, 0.2) is 0 Å². The van der Waals surface area contributed by atoms with Gasteiger partial charge in [0.1, 0.15) is 5.82 Å². The summed E-state index contributed by atoms with van der Waals surface area (Å²) in [6, 6.07) is 0.340. The zero-order chi connectivity index (χ0) is 15.8. The number of nitrogens with one attached hydrogen (secondary N) is 1. The van der Waals surface area contributed by atoms with Gasteiger partial charge < -0.3 is 10.2 Å². The number of hydrogen-bond acceptors (Lipinski definition) is 6. The van der Waals surface area contributed by atoms with E-state index in [4.69, 9.17) is 0 Å². The van der Waals surface area contributed by atoms with Crippen LogP contribution < -0.4 is 10.2 Å². The van der Waals surface area contributed by atoms with Crippen molar-refractivity contribution in [3.05, 3.63) is 15.9 Å². The van der Waals surface area contributed by atoms with E-state index >= 15 is 0 Å². The Labute approximate surface area is 135 Å². The van der Waals surface area contributed by atoms with Crippen molar-refractivity contribution in [2.75, 3.05) is 23.3 Å². The van der Waals surface area contributed by atoms with Crippen LogP contribution in [0.5, 0.6) is 0 Å². The molecule has 3 aliphatic rings. The van der Waals surface area contributed by atoms with Gasteiger partial charge in [-0.05, 0) is 38.5 Å². The quantitative estimate of drug-likeness (QED) is 0.663. The van der Waals surface area contributed by atoms with E-state index in [1.165, 1.54) is 12.8 Å². The summed E-state index contributed by atoms with van der Waals surface area (Å²) < 4.78 is 0. The lowest BCUT2D eigenvalue weighted by Gasteiger charge is -2.22. The van der Waals surface area contributed by atoms with Gasteiger partial charge in [-0.2, -0.15) is 0 Å². The lowest BCUT2D eigenvalue weighted by molar-refractivity contribution is -0.383. The van der Waals surface area contributed by atoms with Gasteiger partial charge in [0, 0.05) is 25.0 Å². The smallest absolute Gasteiger partial charge is 0.353 e. The molecule has 1 aromatic rings. The van der Waals surface area contributed by atoms with Crippen molar-refractivity contribution in [1.82, 2.24) is 9.97 Å². The molecular formula is C16H23N5O2. The van der Waals surface area contributed by atoms with E-state index in [9.17, 15) is 10.1 Å². The molecule has 0 amide bonds. The Bertz CT molecular complexity index is 605. The Balaban J connectivity index is 1.76. The van der Waals surface area contributed by atoms with E-state index in [-0.39, 0.29) is 10.6 Å². The van der Waals surface area contributed by atoms with Crippen molar-refractivity contribution < 1.29 is 4.92 Å². The van der Waals surface area contributed by atoms with Gasteiger partial charge in [0.25, 0.3) is 0 Å². The number of rotatable bonds is 5. The highest BCUT2D eigenvalue weighted by atomic mass is 16.6. The molecule has 1 saturated heterocycles. The monoisotopic (exact) mass is 317 g/mol. The maximum atomic E-state index is 11.7. The molecule has 2 saturated carbocycles. The van der Waals surface area contributed by atoms with Crippen LogP contribution in [-0.2, 0) is 0 Å². The molecule has 3 fully saturated rings. The van der Waals surface area contributed by atoms with E-state index in [0.29, 0.717) is 23.6 Å². The minimum atomic E-state index is -0.304. The first-order chi connectivity index (χ1) is 11.2. The molecule has 0 unspecified atom stereocenters. The average Bonchev–Trinajstić information content (AvgIpc) is 3.40. The average molecular weight is 317 g/mol. The molecule has 1 aliphatic heterocycles. The molecule has 0 atom stereocenters. The number of hydrogen-bond donors (Lipinski definition) is 1. The molecule has 0 bridgehead atoms. The fourth-order valence-corrected chi connectivity index (χ4v) is 3.18. The van der Waals surface area contributed by atoms with Crippen LogP contribution in [0.1, 0.15) is 63.1 Å². The largest absolute Gasteiger partial charge is 0.361 e. The van der Waals surface area contributed by atoms with Gasteiger partial charge in [-0.15, -0.1) is 0 Å². The fourth-order valence-electron chi connectivity index (χ4n) is 3.18. The lowest BCUT2D eigenvalue weighted by Crippen LogP contribution is -2.27. The molecule has 7 heteroatoms. The lowest BCUT2D eigenvalue weighted by atomic mass is 10.2. The minimum absolute atomic E-state index is 0.0724. The first kappa shape index (κ1) is 14.7. The van der Waals surface area contributed by atoms with E-state index in [1.807, 2.05) is 0 Å². The van der Waals surface area contributed by atoms with Crippen LogP contribution in [0.2, 0.25) is 0 Å². The maximum Gasteiger partial charge on any atom is 0.353 e. The third-order valence-corrected chi connectivity index (χ3v) is 4.83. The highest BCUT2D eigenvalue weighted by Gasteiger charge is 2.35. The first-order valence-corrected chi connectivity index (χ1v) is 8.80. The van der Waals surface area contributed by atoms with Crippen molar-refractivity contribution in [3.8, 4) is 0 Å². The fraction of sp³-hybridized carbons (Fsp3) is 0.750. The molecule has 4 rings (SSSR count). The second kappa shape index (κ2) is 5.94. The Kier molecular flexibility index (Phi) is 3.79. The van der Waals surface area contributed by atoms with Gasteiger partial charge in [0.2, 0.25) is 11.6 Å².